The van der Waals surface area contributed by atoms with Gasteiger partial charge in [0.2, 0.25) is 0 Å². The van der Waals surface area contributed by atoms with E-state index in [2.05, 4.69) is 13.8 Å². The van der Waals surface area contributed by atoms with E-state index in [1.165, 1.54) is 25.7 Å². The highest BCUT2D eigenvalue weighted by atomic mass is 16.6. The van der Waals surface area contributed by atoms with E-state index < -0.39 is 5.97 Å². The Labute approximate surface area is 134 Å². The molecular formula is C16H32O6. The van der Waals surface area contributed by atoms with Crippen LogP contribution < -0.4 is 0 Å². The molecular weight excluding hydrogens is 288 g/mol. The number of carboxylic acids is 1. The van der Waals surface area contributed by atoms with E-state index in [9.17, 15) is 4.79 Å². The molecule has 0 spiro atoms. The maximum absolute atomic E-state index is 10.2. The second-order valence-electron chi connectivity index (χ2n) is 5.20. The van der Waals surface area contributed by atoms with Crippen LogP contribution in [0.3, 0.4) is 0 Å². The highest BCUT2D eigenvalue weighted by Gasteiger charge is 2.01. The first kappa shape index (κ1) is 21.3. The minimum atomic E-state index is -0.970. The summed E-state index contributed by atoms with van der Waals surface area (Å²) in [6.07, 6.45) is 6.48. The number of rotatable bonds is 17. The number of aliphatic carboxylic acids is 1. The van der Waals surface area contributed by atoms with E-state index >= 15 is 0 Å². The summed E-state index contributed by atoms with van der Waals surface area (Å²) >= 11 is 0. The van der Waals surface area contributed by atoms with Crippen molar-refractivity contribution in [3.63, 3.8) is 0 Å². The number of ether oxygens (including phenoxy) is 4. The lowest BCUT2D eigenvalue weighted by Gasteiger charge is -2.13. The summed E-state index contributed by atoms with van der Waals surface area (Å²) in [6, 6.07) is 0. The Bertz CT molecular complexity index is 247. The van der Waals surface area contributed by atoms with Crippen molar-refractivity contribution in [2.75, 3.05) is 46.2 Å². The summed E-state index contributed by atoms with van der Waals surface area (Å²) in [5.74, 6) is -0.970. The lowest BCUT2D eigenvalue weighted by atomic mass is 10.1. The third kappa shape index (κ3) is 17.4. The molecule has 0 aliphatic carbocycles. The largest absolute Gasteiger partial charge is 0.480 e. The minimum Gasteiger partial charge on any atom is -0.480 e. The zero-order valence-electron chi connectivity index (χ0n) is 14.1. The highest BCUT2D eigenvalue weighted by molar-refractivity contribution is 5.67. The van der Waals surface area contributed by atoms with Crippen LogP contribution in [0.4, 0.5) is 0 Å². The summed E-state index contributed by atoms with van der Waals surface area (Å²) in [7, 11) is 0. The third-order valence-corrected chi connectivity index (χ3v) is 3.06. The quantitative estimate of drug-likeness (QED) is 0.415. The van der Waals surface area contributed by atoms with Crippen LogP contribution in [0.5, 0.6) is 0 Å². The van der Waals surface area contributed by atoms with Crippen molar-refractivity contribution in [1.82, 2.24) is 0 Å². The molecule has 6 heteroatoms. The molecule has 0 radical (unpaired) electrons. The molecule has 22 heavy (non-hydrogen) atoms. The van der Waals surface area contributed by atoms with Gasteiger partial charge in [-0.2, -0.15) is 0 Å². The predicted molar refractivity (Wildman–Crippen MR) is 84.3 cm³/mol. The van der Waals surface area contributed by atoms with Crippen LogP contribution >= 0.6 is 0 Å². The number of hydrogen-bond acceptors (Lipinski definition) is 5. The molecule has 0 aliphatic heterocycles. The van der Waals surface area contributed by atoms with Crippen LogP contribution in [0.25, 0.3) is 0 Å². The Morgan fingerprint density at radius 2 is 1.50 bits per heavy atom. The molecule has 0 fully saturated rings. The van der Waals surface area contributed by atoms with Crippen molar-refractivity contribution in [2.24, 2.45) is 0 Å². The van der Waals surface area contributed by atoms with E-state index in [1.807, 2.05) is 0 Å². The van der Waals surface area contributed by atoms with E-state index in [-0.39, 0.29) is 13.2 Å². The number of carboxylic acid groups (broad SMARTS) is 1. The Balaban J connectivity index is 3.11. The van der Waals surface area contributed by atoms with Gasteiger partial charge in [0, 0.05) is 0 Å². The molecule has 0 saturated heterocycles. The van der Waals surface area contributed by atoms with Crippen molar-refractivity contribution in [2.45, 2.75) is 52.1 Å². The average Bonchev–Trinajstić information content (AvgIpc) is 2.49. The van der Waals surface area contributed by atoms with Crippen LogP contribution in [-0.4, -0.2) is 63.4 Å². The fourth-order valence-electron chi connectivity index (χ4n) is 1.85. The molecule has 132 valence electrons. The van der Waals surface area contributed by atoms with Gasteiger partial charge in [-0.25, -0.2) is 4.79 Å². The van der Waals surface area contributed by atoms with Crippen molar-refractivity contribution >= 4 is 5.97 Å². The summed E-state index contributed by atoms with van der Waals surface area (Å²) in [6.45, 7) is 6.85. The smallest absolute Gasteiger partial charge is 0.329 e. The molecule has 1 unspecified atom stereocenters. The van der Waals surface area contributed by atoms with Gasteiger partial charge in [0.05, 0.1) is 45.7 Å². The van der Waals surface area contributed by atoms with Crippen LogP contribution in [0.15, 0.2) is 0 Å². The summed E-state index contributed by atoms with van der Waals surface area (Å²) in [4.78, 5) is 10.2. The number of carbonyl (C=O) groups is 1. The highest BCUT2D eigenvalue weighted by Crippen LogP contribution is 2.07. The lowest BCUT2D eigenvalue weighted by Crippen LogP contribution is -2.16. The molecule has 0 aromatic heterocycles. The van der Waals surface area contributed by atoms with Gasteiger partial charge in [0.25, 0.3) is 0 Å². The Morgan fingerprint density at radius 3 is 2.09 bits per heavy atom. The lowest BCUT2D eigenvalue weighted by molar-refractivity contribution is -0.142. The van der Waals surface area contributed by atoms with Crippen molar-refractivity contribution in [3.8, 4) is 0 Å². The zero-order valence-corrected chi connectivity index (χ0v) is 14.1. The summed E-state index contributed by atoms with van der Waals surface area (Å²) in [5.41, 5.74) is 0. The molecule has 0 aromatic rings. The van der Waals surface area contributed by atoms with Gasteiger partial charge in [-0.15, -0.1) is 0 Å². The Hall–Kier alpha value is -0.690. The average molecular weight is 320 g/mol. The van der Waals surface area contributed by atoms with Gasteiger partial charge in [-0.1, -0.05) is 32.6 Å². The molecule has 1 atom stereocenters. The van der Waals surface area contributed by atoms with Crippen LogP contribution in [0, 0.1) is 0 Å². The first-order valence-corrected chi connectivity index (χ1v) is 8.23. The maximum Gasteiger partial charge on any atom is 0.329 e. The molecule has 0 heterocycles. The van der Waals surface area contributed by atoms with Gasteiger partial charge in [-0.05, 0) is 13.3 Å². The molecule has 0 rings (SSSR count). The standard InChI is InChI=1S/C16H32O6/c1-3-4-5-6-7-15(2)22-13-12-20-9-8-19-10-11-21-14-16(17)18/h15H,3-14H2,1-2H3,(H,17,18). The van der Waals surface area contributed by atoms with E-state index in [1.54, 1.807) is 0 Å². The molecule has 0 amide bonds. The van der Waals surface area contributed by atoms with Crippen molar-refractivity contribution in [1.29, 1.82) is 0 Å². The van der Waals surface area contributed by atoms with Gasteiger partial charge in [0.1, 0.15) is 6.61 Å². The predicted octanol–water partition coefficient (Wildman–Crippen LogP) is 2.50. The fraction of sp³-hybridized carbons (Fsp3) is 0.938. The molecule has 6 nitrogen and oxygen atoms in total. The molecule has 0 bridgehead atoms. The van der Waals surface area contributed by atoms with Crippen LogP contribution in [0.2, 0.25) is 0 Å². The van der Waals surface area contributed by atoms with Gasteiger partial charge >= 0.3 is 5.97 Å². The second-order valence-corrected chi connectivity index (χ2v) is 5.20. The topological polar surface area (TPSA) is 74.2 Å². The minimum absolute atomic E-state index is 0.283. The third-order valence-electron chi connectivity index (χ3n) is 3.06. The van der Waals surface area contributed by atoms with E-state index in [0.29, 0.717) is 39.1 Å². The van der Waals surface area contributed by atoms with E-state index in [4.69, 9.17) is 24.1 Å². The monoisotopic (exact) mass is 320 g/mol. The zero-order chi connectivity index (χ0) is 16.5. The fourth-order valence-corrected chi connectivity index (χ4v) is 1.85. The molecule has 0 saturated carbocycles. The molecule has 0 aliphatic rings. The normalized spacial score (nSPS) is 12.5. The first-order chi connectivity index (χ1) is 10.7. The van der Waals surface area contributed by atoms with Crippen molar-refractivity contribution < 1.29 is 28.8 Å². The first-order valence-electron chi connectivity index (χ1n) is 8.23. The van der Waals surface area contributed by atoms with Gasteiger partial charge < -0.3 is 24.1 Å². The SMILES string of the molecule is CCCCCCC(C)OCCOCCOCCOCC(=O)O. The summed E-state index contributed by atoms with van der Waals surface area (Å²) < 4.78 is 21.1. The van der Waals surface area contributed by atoms with Crippen LogP contribution in [-0.2, 0) is 23.7 Å². The van der Waals surface area contributed by atoms with Crippen LogP contribution in [0.1, 0.15) is 46.0 Å². The maximum atomic E-state index is 10.2. The molecule has 1 N–H and O–H groups in total. The Kier molecular flexibility index (Phi) is 16.2. The second kappa shape index (κ2) is 16.7. The molecule has 0 aromatic carbocycles. The van der Waals surface area contributed by atoms with E-state index in [0.717, 1.165) is 6.42 Å². The Morgan fingerprint density at radius 1 is 0.909 bits per heavy atom. The number of hydrogen-bond donors (Lipinski definition) is 1. The van der Waals surface area contributed by atoms with Gasteiger partial charge in [0.15, 0.2) is 0 Å². The van der Waals surface area contributed by atoms with Gasteiger partial charge in [-0.3, -0.25) is 0 Å². The summed E-state index contributed by atoms with van der Waals surface area (Å²) in [5, 5.41) is 8.35. The number of unbranched alkanes of at least 4 members (excludes halogenated alkanes) is 3. The van der Waals surface area contributed by atoms with Crippen molar-refractivity contribution in [3.05, 3.63) is 0 Å².